The summed E-state index contributed by atoms with van der Waals surface area (Å²) in [6.45, 7) is 0. The van der Waals surface area contributed by atoms with Gasteiger partial charge >= 0.3 is 0 Å². The summed E-state index contributed by atoms with van der Waals surface area (Å²) in [4.78, 5) is 4.16. The van der Waals surface area contributed by atoms with Gasteiger partial charge in [-0.1, -0.05) is 24.3 Å². The van der Waals surface area contributed by atoms with Crippen LogP contribution in [0.15, 0.2) is 42.6 Å². The van der Waals surface area contributed by atoms with Gasteiger partial charge in [-0.15, -0.1) is 0 Å². The number of nitrogens with one attached hydrogen (secondary N) is 1. The van der Waals surface area contributed by atoms with E-state index >= 15 is 0 Å². The minimum atomic E-state index is -0.191. The van der Waals surface area contributed by atoms with Crippen molar-refractivity contribution in [3.8, 4) is 5.88 Å². The van der Waals surface area contributed by atoms with Crippen LogP contribution in [-0.2, 0) is 6.42 Å². The van der Waals surface area contributed by atoms with Crippen LogP contribution in [0.1, 0.15) is 17.2 Å². The number of ether oxygens (including phenoxy) is 1. The number of aromatic nitrogens is 1. The second-order valence-electron chi connectivity index (χ2n) is 4.28. The molecule has 0 radical (unpaired) electrons. The number of hydrogen-bond donors (Lipinski definition) is 1. The second-order valence-corrected chi connectivity index (χ2v) is 4.28. The molecule has 1 aromatic heterocycles. The molecule has 2 aromatic rings. The van der Waals surface area contributed by atoms with E-state index < -0.39 is 0 Å². The first-order chi connectivity index (χ1) is 9.24. The average Bonchev–Trinajstić information content (AvgIpc) is 2.46. The van der Waals surface area contributed by atoms with Crippen LogP contribution in [0.2, 0.25) is 0 Å². The molecule has 1 unspecified atom stereocenters. The van der Waals surface area contributed by atoms with Gasteiger partial charge in [-0.3, -0.25) is 0 Å². The molecule has 1 aromatic carbocycles. The summed E-state index contributed by atoms with van der Waals surface area (Å²) < 4.78 is 18.8. The molecule has 100 valence electrons. The lowest BCUT2D eigenvalue weighted by Crippen LogP contribution is -2.20. The van der Waals surface area contributed by atoms with Crippen molar-refractivity contribution in [3.05, 3.63) is 59.5 Å². The maximum absolute atomic E-state index is 13.8. The molecule has 4 heteroatoms. The minimum Gasteiger partial charge on any atom is -0.481 e. The van der Waals surface area contributed by atoms with Gasteiger partial charge in [0.2, 0.25) is 5.88 Å². The van der Waals surface area contributed by atoms with Crippen LogP contribution in [0, 0.1) is 5.82 Å². The van der Waals surface area contributed by atoms with E-state index in [0.717, 1.165) is 5.56 Å². The van der Waals surface area contributed by atoms with E-state index in [1.807, 2.05) is 25.2 Å². The monoisotopic (exact) mass is 260 g/mol. The van der Waals surface area contributed by atoms with Crippen molar-refractivity contribution in [2.45, 2.75) is 12.5 Å². The van der Waals surface area contributed by atoms with Gasteiger partial charge in [0.1, 0.15) is 5.82 Å². The first-order valence-electron chi connectivity index (χ1n) is 6.15. The van der Waals surface area contributed by atoms with Crippen LogP contribution in [0.25, 0.3) is 0 Å². The molecule has 0 aliphatic heterocycles. The highest BCUT2D eigenvalue weighted by atomic mass is 19.1. The summed E-state index contributed by atoms with van der Waals surface area (Å²) in [5, 5.41) is 3.14. The SMILES string of the molecule is CNC(Cc1ccc(OC)nc1)c1ccccc1F. The number of nitrogens with zero attached hydrogens (tertiary/aromatic N) is 1. The van der Waals surface area contributed by atoms with Gasteiger partial charge in [-0.25, -0.2) is 9.37 Å². The number of methoxy groups -OCH3 is 1. The van der Waals surface area contributed by atoms with Gasteiger partial charge < -0.3 is 10.1 Å². The Balaban J connectivity index is 2.17. The van der Waals surface area contributed by atoms with E-state index in [0.29, 0.717) is 17.9 Å². The number of benzene rings is 1. The van der Waals surface area contributed by atoms with Crippen molar-refractivity contribution in [2.24, 2.45) is 0 Å². The molecule has 0 fully saturated rings. The first-order valence-corrected chi connectivity index (χ1v) is 6.15. The number of halogens is 1. The van der Waals surface area contributed by atoms with Gasteiger partial charge in [-0.05, 0) is 25.1 Å². The fraction of sp³-hybridized carbons (Fsp3) is 0.267. The molecule has 0 saturated carbocycles. The van der Waals surface area contributed by atoms with Crippen LogP contribution in [0.3, 0.4) is 0 Å². The van der Waals surface area contributed by atoms with Crippen molar-refractivity contribution in [3.63, 3.8) is 0 Å². The summed E-state index contributed by atoms with van der Waals surface area (Å²) in [6, 6.07) is 10.5. The minimum absolute atomic E-state index is 0.0728. The molecule has 0 aliphatic rings. The van der Waals surface area contributed by atoms with E-state index in [9.17, 15) is 4.39 Å². The van der Waals surface area contributed by atoms with Gasteiger partial charge in [0, 0.05) is 23.9 Å². The van der Waals surface area contributed by atoms with Gasteiger partial charge in [0.25, 0.3) is 0 Å². The predicted octanol–water partition coefficient (Wildman–Crippen LogP) is 2.73. The smallest absolute Gasteiger partial charge is 0.212 e. The summed E-state index contributed by atoms with van der Waals surface area (Å²) in [6.07, 6.45) is 2.43. The standard InChI is InChI=1S/C15H17FN2O/c1-17-14(12-5-3-4-6-13(12)16)9-11-7-8-15(19-2)18-10-11/h3-8,10,14,17H,9H2,1-2H3. The van der Waals surface area contributed by atoms with Crippen molar-refractivity contribution >= 4 is 0 Å². The molecule has 0 bridgehead atoms. The zero-order valence-electron chi connectivity index (χ0n) is 11.1. The van der Waals surface area contributed by atoms with Crippen LogP contribution in [0.4, 0.5) is 4.39 Å². The van der Waals surface area contributed by atoms with Crippen LogP contribution < -0.4 is 10.1 Å². The molecule has 2 rings (SSSR count). The Morgan fingerprint density at radius 3 is 2.63 bits per heavy atom. The molecule has 0 saturated heterocycles. The summed E-state index contributed by atoms with van der Waals surface area (Å²) in [5.41, 5.74) is 1.70. The Kier molecular flexibility index (Phi) is 4.47. The van der Waals surface area contributed by atoms with Gasteiger partial charge in [0.15, 0.2) is 0 Å². The van der Waals surface area contributed by atoms with Gasteiger partial charge in [-0.2, -0.15) is 0 Å². The Labute approximate surface area is 112 Å². The second kappa shape index (κ2) is 6.29. The fourth-order valence-electron chi connectivity index (χ4n) is 2.01. The van der Waals surface area contributed by atoms with E-state index in [1.54, 1.807) is 25.4 Å². The maximum atomic E-state index is 13.8. The van der Waals surface area contributed by atoms with E-state index in [2.05, 4.69) is 10.3 Å². The predicted molar refractivity (Wildman–Crippen MR) is 72.7 cm³/mol. The van der Waals surface area contributed by atoms with Crippen molar-refractivity contribution in [1.29, 1.82) is 0 Å². The Morgan fingerprint density at radius 1 is 1.26 bits per heavy atom. The van der Waals surface area contributed by atoms with Crippen LogP contribution >= 0.6 is 0 Å². The average molecular weight is 260 g/mol. The molecule has 1 N–H and O–H groups in total. The topological polar surface area (TPSA) is 34.1 Å². The number of hydrogen-bond acceptors (Lipinski definition) is 3. The zero-order valence-corrected chi connectivity index (χ0v) is 11.1. The first kappa shape index (κ1) is 13.5. The normalized spacial score (nSPS) is 12.2. The third-order valence-electron chi connectivity index (χ3n) is 3.08. The highest BCUT2D eigenvalue weighted by molar-refractivity contribution is 5.25. The molecule has 0 amide bonds. The Bertz CT molecular complexity index is 528. The third-order valence-corrected chi connectivity index (χ3v) is 3.08. The summed E-state index contributed by atoms with van der Waals surface area (Å²) >= 11 is 0. The third kappa shape index (κ3) is 3.29. The molecule has 19 heavy (non-hydrogen) atoms. The van der Waals surface area contributed by atoms with E-state index in [-0.39, 0.29) is 11.9 Å². The lowest BCUT2D eigenvalue weighted by Gasteiger charge is -2.17. The molecule has 1 atom stereocenters. The molecule has 0 spiro atoms. The van der Waals surface area contributed by atoms with Crippen LogP contribution in [0.5, 0.6) is 5.88 Å². The molecule has 1 heterocycles. The molecular formula is C15H17FN2O. The summed E-state index contributed by atoms with van der Waals surface area (Å²) in [7, 11) is 3.41. The van der Waals surface area contributed by atoms with Crippen molar-refractivity contribution < 1.29 is 9.13 Å². The van der Waals surface area contributed by atoms with Crippen LogP contribution in [-0.4, -0.2) is 19.1 Å². The Hall–Kier alpha value is -1.94. The molecule has 0 aliphatic carbocycles. The highest BCUT2D eigenvalue weighted by Crippen LogP contribution is 2.21. The van der Waals surface area contributed by atoms with Gasteiger partial charge in [0.05, 0.1) is 7.11 Å². The van der Waals surface area contributed by atoms with E-state index in [1.165, 1.54) is 6.07 Å². The van der Waals surface area contributed by atoms with Crippen molar-refractivity contribution in [1.82, 2.24) is 10.3 Å². The molecule has 3 nitrogen and oxygen atoms in total. The number of pyridine rings is 1. The lowest BCUT2D eigenvalue weighted by atomic mass is 9.99. The quantitative estimate of drug-likeness (QED) is 0.897. The maximum Gasteiger partial charge on any atom is 0.212 e. The lowest BCUT2D eigenvalue weighted by molar-refractivity contribution is 0.397. The van der Waals surface area contributed by atoms with E-state index in [4.69, 9.17) is 4.74 Å². The Morgan fingerprint density at radius 2 is 2.05 bits per heavy atom. The zero-order chi connectivity index (χ0) is 13.7. The number of rotatable bonds is 5. The molecular weight excluding hydrogens is 243 g/mol. The summed E-state index contributed by atoms with van der Waals surface area (Å²) in [5.74, 6) is 0.388. The fourth-order valence-corrected chi connectivity index (χ4v) is 2.01. The largest absolute Gasteiger partial charge is 0.481 e. The highest BCUT2D eigenvalue weighted by Gasteiger charge is 2.14. The van der Waals surface area contributed by atoms with Crippen molar-refractivity contribution in [2.75, 3.05) is 14.2 Å². The number of likely N-dealkylation sites (N-methyl/N-ethyl adjacent to an activating group) is 1.